The van der Waals surface area contributed by atoms with Crippen molar-refractivity contribution in [2.45, 2.75) is 187 Å². The summed E-state index contributed by atoms with van der Waals surface area (Å²) in [6.45, 7) is 4.40. The zero-order valence-corrected chi connectivity index (χ0v) is 30.8. The van der Waals surface area contributed by atoms with Crippen molar-refractivity contribution in [1.29, 1.82) is 0 Å². The predicted molar refractivity (Wildman–Crippen MR) is 188 cm³/mol. The summed E-state index contributed by atoms with van der Waals surface area (Å²) in [6, 6.07) is -0.604. The summed E-state index contributed by atoms with van der Waals surface area (Å²) >= 11 is 0. The van der Waals surface area contributed by atoms with Crippen molar-refractivity contribution in [3.63, 3.8) is 0 Å². The van der Waals surface area contributed by atoms with E-state index in [9.17, 15) is 19.5 Å². The van der Waals surface area contributed by atoms with Crippen LogP contribution in [0.25, 0.3) is 0 Å². The van der Waals surface area contributed by atoms with E-state index < -0.39 is 18.1 Å². The molecule has 0 aromatic heterocycles. The molecule has 0 aliphatic heterocycles. The number of likely N-dealkylation sites (N-methyl/N-ethyl adjacent to an activating group) is 1. The fourth-order valence-corrected chi connectivity index (χ4v) is 5.78. The Morgan fingerprint density at radius 2 is 1.00 bits per heavy atom. The Balaban J connectivity index is 3.90. The molecule has 272 valence electrons. The lowest BCUT2D eigenvalue weighted by molar-refractivity contribution is -0.887. The number of quaternary nitrogens is 1. The van der Waals surface area contributed by atoms with Gasteiger partial charge in [0.15, 0.2) is 12.1 Å². The highest BCUT2D eigenvalue weighted by atomic mass is 16.6. The Kier molecular flexibility index (Phi) is 29.5. The van der Waals surface area contributed by atoms with E-state index in [0.717, 1.165) is 19.3 Å². The normalized spacial score (nSPS) is 13.0. The molecule has 0 saturated carbocycles. The summed E-state index contributed by atoms with van der Waals surface area (Å²) in [7, 11) is 5.49. The average Bonchev–Trinajstić information content (AvgIpc) is 2.99. The summed E-state index contributed by atoms with van der Waals surface area (Å²) in [5.74, 6) is -1.52. The van der Waals surface area contributed by atoms with Gasteiger partial charge < -0.3 is 23.8 Å². The highest BCUT2D eigenvalue weighted by molar-refractivity contribution is 5.72. The monoisotopic (exact) mass is 657 g/mol. The van der Waals surface area contributed by atoms with Crippen molar-refractivity contribution >= 4 is 17.9 Å². The van der Waals surface area contributed by atoms with Crippen LogP contribution in [-0.2, 0) is 28.6 Å². The van der Waals surface area contributed by atoms with E-state index >= 15 is 0 Å². The number of ether oxygens (including phenoxy) is 3. The second-order valence-corrected chi connectivity index (χ2v) is 14.2. The molecule has 0 radical (unpaired) electrons. The number of aliphatic carboxylic acids is 1. The fourth-order valence-electron chi connectivity index (χ4n) is 5.78. The smallest absolute Gasteiger partial charge is 0.362 e. The third-order valence-corrected chi connectivity index (χ3v) is 8.73. The number of rotatable bonds is 34. The second kappa shape index (κ2) is 30.7. The molecule has 0 aromatic rings. The molecule has 2 atom stereocenters. The molecule has 0 spiro atoms. The molecule has 0 heterocycles. The zero-order valence-electron chi connectivity index (χ0n) is 30.8. The third kappa shape index (κ3) is 28.5. The summed E-state index contributed by atoms with van der Waals surface area (Å²) in [4.78, 5) is 35.9. The molecule has 8 heteroatoms. The quantitative estimate of drug-likeness (QED) is 0.0418. The first-order valence-electron chi connectivity index (χ1n) is 19.1. The molecular formula is C38H74NO7+. The molecule has 1 N–H and O–H groups in total. The summed E-state index contributed by atoms with van der Waals surface area (Å²) < 4.78 is 16.8. The number of carboxylic acids is 1. The Labute approximate surface area is 283 Å². The molecule has 0 aromatic carbocycles. The predicted octanol–water partition coefficient (Wildman–Crippen LogP) is 9.41. The van der Waals surface area contributed by atoms with Crippen LogP contribution in [-0.4, -0.2) is 80.6 Å². The summed E-state index contributed by atoms with van der Waals surface area (Å²) in [5.41, 5.74) is 0. The highest BCUT2D eigenvalue weighted by Gasteiger charge is 2.31. The van der Waals surface area contributed by atoms with Crippen LogP contribution in [0, 0.1) is 0 Å². The molecule has 0 saturated heterocycles. The molecule has 0 aliphatic rings. The maximum Gasteiger partial charge on any atom is 0.362 e. The Bertz CT molecular complexity index is 737. The Morgan fingerprint density at radius 3 is 1.39 bits per heavy atom. The van der Waals surface area contributed by atoms with Gasteiger partial charge in [0.1, 0.15) is 6.61 Å². The molecule has 46 heavy (non-hydrogen) atoms. The fraction of sp³-hybridized carbons (Fsp3) is 0.921. The van der Waals surface area contributed by atoms with Gasteiger partial charge in [0.05, 0.1) is 34.4 Å². The Hall–Kier alpha value is -1.67. The molecule has 2 unspecified atom stereocenters. The van der Waals surface area contributed by atoms with Crippen molar-refractivity contribution in [1.82, 2.24) is 0 Å². The minimum absolute atomic E-state index is 0.0540. The van der Waals surface area contributed by atoms with Gasteiger partial charge in [0, 0.05) is 19.3 Å². The number of esters is 2. The van der Waals surface area contributed by atoms with Crippen LogP contribution in [0.2, 0.25) is 0 Å². The number of hydrogen-bond acceptors (Lipinski definition) is 6. The number of nitrogens with zero attached hydrogens (tertiary/aromatic N) is 1. The van der Waals surface area contributed by atoms with Crippen LogP contribution < -0.4 is 0 Å². The van der Waals surface area contributed by atoms with E-state index in [1.54, 1.807) is 0 Å². The van der Waals surface area contributed by atoms with Crippen LogP contribution in [0.15, 0.2) is 0 Å². The van der Waals surface area contributed by atoms with Gasteiger partial charge in [-0.15, -0.1) is 0 Å². The van der Waals surface area contributed by atoms with Gasteiger partial charge >= 0.3 is 17.9 Å². The number of carboxylic acid groups (broad SMARTS) is 1. The van der Waals surface area contributed by atoms with Crippen molar-refractivity contribution in [3.05, 3.63) is 0 Å². The van der Waals surface area contributed by atoms with Crippen molar-refractivity contribution in [2.24, 2.45) is 0 Å². The molecule has 0 aliphatic carbocycles. The lowest BCUT2D eigenvalue weighted by Crippen LogP contribution is -2.50. The highest BCUT2D eigenvalue weighted by Crippen LogP contribution is 2.16. The first kappa shape index (κ1) is 44.3. The van der Waals surface area contributed by atoms with Gasteiger partial charge in [-0.25, -0.2) is 4.79 Å². The number of carbonyl (C=O) groups is 3. The second-order valence-electron chi connectivity index (χ2n) is 14.2. The van der Waals surface area contributed by atoms with Gasteiger partial charge in [0.25, 0.3) is 0 Å². The molecule has 0 bridgehead atoms. The van der Waals surface area contributed by atoms with E-state index in [-0.39, 0.29) is 36.2 Å². The minimum atomic E-state index is -0.877. The average molecular weight is 657 g/mol. The molecule has 0 fully saturated rings. The van der Waals surface area contributed by atoms with Crippen LogP contribution in [0.4, 0.5) is 0 Å². The first-order chi connectivity index (χ1) is 22.1. The lowest BCUT2D eigenvalue weighted by atomic mass is 10.0. The van der Waals surface area contributed by atoms with Gasteiger partial charge in [-0.3, -0.25) is 9.59 Å². The van der Waals surface area contributed by atoms with Crippen molar-refractivity contribution in [3.8, 4) is 0 Å². The van der Waals surface area contributed by atoms with E-state index in [1.807, 2.05) is 28.1 Å². The molecule has 8 nitrogen and oxygen atoms in total. The SMILES string of the molecule is CCCCCCCCCCCCCCCCCCCCCCCC(=O)OC(COCCC(C(=O)O)[N+](C)(C)C)COC(=O)CCC. The lowest BCUT2D eigenvalue weighted by Gasteiger charge is -2.31. The van der Waals surface area contributed by atoms with Gasteiger partial charge in [-0.2, -0.15) is 0 Å². The number of hydrogen-bond donors (Lipinski definition) is 1. The largest absolute Gasteiger partial charge is 0.477 e. The molecule has 0 rings (SSSR count). The molecule has 0 amide bonds. The van der Waals surface area contributed by atoms with E-state index in [2.05, 4.69) is 6.92 Å². The standard InChI is InChI=1S/C38H73NO7/c1-6-8-9-10-11-12-13-14-15-16-17-18-19-20-21-22-23-24-25-26-27-29-37(41)46-34(33-45-36(40)28-7-2)32-44-31-30-35(38(42)43)39(3,4)5/h34-35H,6-33H2,1-5H3/p+1. The van der Waals surface area contributed by atoms with E-state index in [1.165, 1.54) is 116 Å². The van der Waals surface area contributed by atoms with Gasteiger partial charge in [-0.05, 0) is 12.8 Å². The van der Waals surface area contributed by atoms with Gasteiger partial charge in [-0.1, -0.05) is 142 Å². The molecular weight excluding hydrogens is 582 g/mol. The summed E-state index contributed by atoms with van der Waals surface area (Å²) in [6.07, 6.45) is 28.7. The van der Waals surface area contributed by atoms with Crippen LogP contribution in [0.1, 0.15) is 174 Å². The first-order valence-corrected chi connectivity index (χ1v) is 19.1. The summed E-state index contributed by atoms with van der Waals surface area (Å²) in [5, 5.41) is 9.49. The zero-order chi connectivity index (χ0) is 34.3. The third-order valence-electron chi connectivity index (χ3n) is 8.73. The maximum atomic E-state index is 12.5. The van der Waals surface area contributed by atoms with Crippen molar-refractivity contribution in [2.75, 3.05) is 41.0 Å². The maximum absolute atomic E-state index is 12.5. The van der Waals surface area contributed by atoms with E-state index in [0.29, 0.717) is 25.7 Å². The minimum Gasteiger partial charge on any atom is -0.477 e. The van der Waals surface area contributed by atoms with Crippen LogP contribution in [0.5, 0.6) is 0 Å². The van der Waals surface area contributed by atoms with Crippen LogP contribution in [0.3, 0.4) is 0 Å². The van der Waals surface area contributed by atoms with E-state index in [4.69, 9.17) is 14.2 Å². The van der Waals surface area contributed by atoms with Gasteiger partial charge in [0.2, 0.25) is 0 Å². The topological polar surface area (TPSA) is 99.1 Å². The number of unbranched alkanes of at least 4 members (excludes halogenated alkanes) is 20. The Morgan fingerprint density at radius 1 is 0.565 bits per heavy atom. The van der Waals surface area contributed by atoms with Crippen LogP contribution >= 0.6 is 0 Å². The van der Waals surface area contributed by atoms with Crippen molar-refractivity contribution < 1.29 is 38.2 Å². The number of carbonyl (C=O) groups excluding carboxylic acids is 2.